The summed E-state index contributed by atoms with van der Waals surface area (Å²) in [5, 5.41) is 19.8. The number of primary amides is 1. The molecule has 0 aromatic carbocycles. The summed E-state index contributed by atoms with van der Waals surface area (Å²) >= 11 is 0.814. The van der Waals surface area contributed by atoms with E-state index in [9.17, 15) is 15.0 Å². The summed E-state index contributed by atoms with van der Waals surface area (Å²) in [6.07, 6.45) is -4.55. The number of hydrogen-bond acceptors (Lipinski definition) is 10. The van der Waals surface area contributed by atoms with Crippen LogP contribution in [0.5, 0.6) is 0 Å². The van der Waals surface area contributed by atoms with Crippen LogP contribution < -0.4 is 5.73 Å². The van der Waals surface area contributed by atoms with Crippen molar-refractivity contribution in [1.29, 1.82) is 0 Å². The normalized spacial score (nSPS) is 30.1. The minimum atomic E-state index is -2.58. The zero-order valence-electron chi connectivity index (χ0n) is 9.86. The monoisotopic (exact) mass is 325 g/mol. The van der Waals surface area contributed by atoms with Gasteiger partial charge < -0.3 is 35.0 Å². The molecule has 2 heterocycles. The Kier molecular flexibility index (Phi) is 4.94. The van der Waals surface area contributed by atoms with E-state index in [0.29, 0.717) is 0 Å². The van der Waals surface area contributed by atoms with Crippen LogP contribution >= 0.6 is 20.1 Å². The summed E-state index contributed by atoms with van der Waals surface area (Å²) in [6.45, 7) is -0.311. The predicted molar refractivity (Wildman–Crippen MR) is 65.4 cm³/mol. The molecule has 6 N–H and O–H groups in total. The van der Waals surface area contributed by atoms with Crippen LogP contribution in [0.15, 0.2) is 0 Å². The van der Waals surface area contributed by atoms with Gasteiger partial charge in [0.15, 0.2) is 0 Å². The van der Waals surface area contributed by atoms with Crippen molar-refractivity contribution < 1.29 is 34.1 Å². The molecule has 0 aliphatic carbocycles. The molecule has 1 amide bonds. The number of carbonyl (C=O) groups is 1. The predicted octanol–water partition coefficient (Wildman–Crippen LogP) is -1.97. The van der Waals surface area contributed by atoms with Crippen LogP contribution in [0.4, 0.5) is 0 Å². The lowest BCUT2D eigenvalue weighted by molar-refractivity contribution is -0.0190. The van der Waals surface area contributed by atoms with E-state index >= 15 is 0 Å². The summed E-state index contributed by atoms with van der Waals surface area (Å²) in [6, 6.07) is 0. The second kappa shape index (κ2) is 6.33. The topological polar surface area (TPSA) is 168 Å². The molecule has 12 heteroatoms. The van der Waals surface area contributed by atoms with Gasteiger partial charge in [0, 0.05) is 0 Å². The molecule has 0 bridgehead atoms. The first-order chi connectivity index (χ1) is 9.40. The fraction of sp³-hybridized carbons (Fsp3) is 0.625. The highest BCUT2D eigenvalue weighted by Gasteiger charge is 2.45. The molecular formula is C8H12N3O7PS. The van der Waals surface area contributed by atoms with E-state index in [2.05, 4.69) is 13.9 Å². The number of amides is 1. The number of ether oxygens (including phenoxy) is 1. The van der Waals surface area contributed by atoms with Crippen molar-refractivity contribution in [3.63, 3.8) is 0 Å². The number of rotatable bonds is 5. The maximum atomic E-state index is 10.9. The van der Waals surface area contributed by atoms with Crippen molar-refractivity contribution in [3.8, 4) is 0 Å². The van der Waals surface area contributed by atoms with Gasteiger partial charge in [0.05, 0.1) is 6.61 Å². The van der Waals surface area contributed by atoms with Crippen LogP contribution in [0.1, 0.15) is 21.7 Å². The zero-order chi connectivity index (χ0) is 14.9. The molecule has 1 aromatic heterocycles. The van der Waals surface area contributed by atoms with Crippen molar-refractivity contribution in [2.75, 3.05) is 6.61 Å². The van der Waals surface area contributed by atoms with Crippen LogP contribution in [0, 0.1) is 0 Å². The molecule has 10 nitrogen and oxygen atoms in total. The Labute approximate surface area is 118 Å². The van der Waals surface area contributed by atoms with E-state index in [1.54, 1.807) is 0 Å². The van der Waals surface area contributed by atoms with Gasteiger partial charge in [-0.1, -0.05) is 0 Å². The Bertz CT molecular complexity index is 486. The van der Waals surface area contributed by atoms with Gasteiger partial charge in [0.2, 0.25) is 5.82 Å². The third-order valence-electron chi connectivity index (χ3n) is 2.62. The molecule has 112 valence electrons. The van der Waals surface area contributed by atoms with Crippen LogP contribution in [0.2, 0.25) is 0 Å². The van der Waals surface area contributed by atoms with E-state index in [1.807, 2.05) is 0 Å². The third-order valence-corrected chi connectivity index (χ3v) is 3.78. The lowest BCUT2D eigenvalue weighted by Gasteiger charge is -2.14. The maximum absolute atomic E-state index is 10.9. The van der Waals surface area contributed by atoms with Gasteiger partial charge in [-0.05, 0) is 11.5 Å². The van der Waals surface area contributed by atoms with Gasteiger partial charge >= 0.3 is 8.60 Å². The summed E-state index contributed by atoms with van der Waals surface area (Å²) in [5.41, 5.74) is 5.01. The van der Waals surface area contributed by atoms with Gasteiger partial charge in [-0.3, -0.25) is 4.79 Å². The van der Waals surface area contributed by atoms with Crippen molar-refractivity contribution in [1.82, 2.24) is 9.36 Å². The van der Waals surface area contributed by atoms with E-state index in [4.69, 9.17) is 20.3 Å². The Balaban J connectivity index is 2.07. The highest BCUT2D eigenvalue weighted by atomic mass is 32.1. The quantitative estimate of drug-likeness (QED) is 0.385. The van der Waals surface area contributed by atoms with Crippen molar-refractivity contribution in [3.05, 3.63) is 10.8 Å². The number of carbonyl (C=O) groups excluding carboxylic acids is 1. The van der Waals surface area contributed by atoms with Crippen molar-refractivity contribution in [2.24, 2.45) is 5.73 Å². The largest absolute Gasteiger partial charge is 0.387 e. The second-order valence-electron chi connectivity index (χ2n) is 3.95. The number of aromatic nitrogens is 2. The molecule has 4 atom stereocenters. The number of aliphatic hydroxyl groups is 2. The van der Waals surface area contributed by atoms with E-state index in [1.165, 1.54) is 0 Å². The van der Waals surface area contributed by atoms with Gasteiger partial charge in [0.1, 0.15) is 29.4 Å². The first-order valence-electron chi connectivity index (χ1n) is 5.36. The molecule has 1 aromatic rings. The highest BCUT2D eigenvalue weighted by Crippen LogP contribution is 2.36. The Hall–Kier alpha value is -0.780. The molecule has 1 saturated heterocycles. The summed E-state index contributed by atoms with van der Waals surface area (Å²) in [4.78, 5) is 32.0. The van der Waals surface area contributed by atoms with Crippen LogP contribution in [0.25, 0.3) is 0 Å². The fourth-order valence-electron chi connectivity index (χ4n) is 1.68. The molecule has 0 spiro atoms. The van der Waals surface area contributed by atoms with Crippen LogP contribution in [-0.4, -0.2) is 60.2 Å². The number of hydrogen-bond donors (Lipinski definition) is 5. The van der Waals surface area contributed by atoms with E-state index in [0.717, 1.165) is 11.5 Å². The molecule has 0 saturated carbocycles. The Morgan fingerprint density at radius 3 is 2.70 bits per heavy atom. The lowest BCUT2D eigenvalue weighted by atomic mass is 10.1. The maximum Gasteiger partial charge on any atom is 0.327 e. The molecule has 1 aliphatic rings. The molecule has 20 heavy (non-hydrogen) atoms. The average Bonchev–Trinajstić information content (AvgIpc) is 2.95. The number of nitrogens with two attached hydrogens (primary N) is 1. The molecule has 2 rings (SSSR count). The molecule has 4 unspecified atom stereocenters. The highest BCUT2D eigenvalue weighted by molar-refractivity contribution is 7.39. The Morgan fingerprint density at radius 1 is 1.45 bits per heavy atom. The van der Waals surface area contributed by atoms with E-state index < -0.39 is 38.9 Å². The Morgan fingerprint density at radius 2 is 2.15 bits per heavy atom. The molecule has 1 aliphatic heterocycles. The summed E-state index contributed by atoms with van der Waals surface area (Å²) < 4.78 is 13.6. The standard InChI is InChI=1S/C8H12N3O7PS/c9-6(14)7-10-8(20-11-7)5-4(13)3(12)2(18-5)1-17-19(15)16/h2-5,12-13,15-16H,1H2,(H2,9,14). The van der Waals surface area contributed by atoms with Gasteiger partial charge in [-0.2, -0.15) is 4.37 Å². The van der Waals surface area contributed by atoms with Gasteiger partial charge in [0.25, 0.3) is 5.91 Å². The lowest BCUT2D eigenvalue weighted by Crippen LogP contribution is -2.32. The first-order valence-corrected chi connectivity index (χ1v) is 7.29. The smallest absolute Gasteiger partial charge is 0.327 e. The summed E-state index contributed by atoms with van der Waals surface area (Å²) in [5.74, 6) is -1.02. The summed E-state index contributed by atoms with van der Waals surface area (Å²) in [7, 11) is -2.58. The minimum Gasteiger partial charge on any atom is -0.387 e. The third kappa shape index (κ3) is 3.27. The molecular weight excluding hydrogens is 313 g/mol. The zero-order valence-corrected chi connectivity index (χ0v) is 11.6. The van der Waals surface area contributed by atoms with Crippen LogP contribution in [0.3, 0.4) is 0 Å². The first kappa shape index (κ1) is 15.6. The minimum absolute atomic E-state index is 0.183. The van der Waals surface area contributed by atoms with Crippen molar-refractivity contribution >= 4 is 26.0 Å². The number of aliphatic hydroxyl groups excluding tert-OH is 2. The van der Waals surface area contributed by atoms with E-state index in [-0.39, 0.29) is 17.4 Å². The van der Waals surface area contributed by atoms with Gasteiger partial charge in [-0.15, -0.1) is 0 Å². The van der Waals surface area contributed by atoms with Crippen LogP contribution in [-0.2, 0) is 9.26 Å². The molecule has 1 fully saturated rings. The van der Waals surface area contributed by atoms with Crippen molar-refractivity contribution in [2.45, 2.75) is 24.4 Å². The number of nitrogens with zero attached hydrogens (tertiary/aromatic N) is 2. The fourth-order valence-corrected chi connectivity index (χ4v) is 2.70. The SMILES string of the molecule is NC(=O)c1nsc(C2OC(COP(O)O)C(O)C2O)n1. The molecule has 0 radical (unpaired) electrons. The second-order valence-corrected chi connectivity index (χ2v) is 5.49. The average molecular weight is 325 g/mol. The van der Waals surface area contributed by atoms with Gasteiger partial charge in [-0.25, -0.2) is 4.98 Å².